The molecule has 0 aromatic heterocycles. The van der Waals surface area contributed by atoms with E-state index >= 15 is 0 Å². The lowest BCUT2D eigenvalue weighted by Crippen LogP contribution is -2.27. The van der Waals surface area contributed by atoms with E-state index in [0.29, 0.717) is 29.0 Å². The third-order valence-corrected chi connectivity index (χ3v) is 7.99. The summed E-state index contributed by atoms with van der Waals surface area (Å²) in [5, 5.41) is 5.63. The number of sulfonamides is 1. The zero-order chi connectivity index (χ0) is 25.4. The Morgan fingerprint density at radius 3 is 2.20 bits per heavy atom. The monoisotopic (exact) mass is 511 g/mol. The zero-order valence-corrected chi connectivity index (χ0v) is 21.6. The molecule has 0 aliphatic carbocycles. The number of carbonyl (C=O) groups excluding carboxylic acids is 2. The highest BCUT2D eigenvalue weighted by atomic mass is 32.2. The molecule has 3 aromatic rings. The van der Waals surface area contributed by atoms with Crippen molar-refractivity contribution in [1.29, 1.82) is 0 Å². The largest absolute Gasteiger partial charge is 0.352 e. The predicted molar refractivity (Wildman–Crippen MR) is 142 cm³/mol. The van der Waals surface area contributed by atoms with Crippen molar-refractivity contribution in [2.45, 2.75) is 29.6 Å². The average molecular weight is 512 g/mol. The Morgan fingerprint density at radius 1 is 0.914 bits per heavy atom. The number of rotatable bonds is 10. The number of thioether (sulfide) groups is 1. The van der Waals surface area contributed by atoms with Gasteiger partial charge in [-0.1, -0.05) is 25.5 Å². The first kappa shape index (κ1) is 26.3. The first-order valence-electron chi connectivity index (χ1n) is 11.2. The molecule has 9 heteroatoms. The van der Waals surface area contributed by atoms with Crippen LogP contribution in [0.4, 0.5) is 11.4 Å². The van der Waals surface area contributed by atoms with Gasteiger partial charge in [-0.15, -0.1) is 11.8 Å². The summed E-state index contributed by atoms with van der Waals surface area (Å²) in [6.45, 7) is 2.61. The fourth-order valence-corrected chi connectivity index (χ4v) is 4.93. The van der Waals surface area contributed by atoms with Gasteiger partial charge in [0.25, 0.3) is 21.8 Å². The molecule has 0 fully saturated rings. The molecule has 0 atom stereocenters. The number of nitrogens with one attached hydrogen (secondary N) is 2. The summed E-state index contributed by atoms with van der Waals surface area (Å²) in [5.74, 6) is -0.648. The van der Waals surface area contributed by atoms with Crippen LogP contribution in [0.15, 0.2) is 82.6 Å². The number of anilines is 2. The number of amides is 2. The topological polar surface area (TPSA) is 95.6 Å². The van der Waals surface area contributed by atoms with E-state index in [1.807, 2.05) is 13.2 Å². The molecule has 0 unspecified atom stereocenters. The van der Waals surface area contributed by atoms with Gasteiger partial charge in [-0.25, -0.2) is 8.42 Å². The zero-order valence-electron chi connectivity index (χ0n) is 19.9. The number of benzene rings is 3. The highest BCUT2D eigenvalue weighted by Gasteiger charge is 2.22. The van der Waals surface area contributed by atoms with Crippen LogP contribution < -0.4 is 14.9 Å². The summed E-state index contributed by atoms with van der Waals surface area (Å²) in [5.41, 5.74) is 1.55. The van der Waals surface area contributed by atoms with E-state index in [2.05, 4.69) is 10.6 Å². The lowest BCUT2D eigenvalue weighted by Gasteiger charge is -2.20. The van der Waals surface area contributed by atoms with Gasteiger partial charge in [0.05, 0.1) is 21.8 Å². The van der Waals surface area contributed by atoms with Gasteiger partial charge in [0.15, 0.2) is 0 Å². The van der Waals surface area contributed by atoms with Crippen LogP contribution in [0.3, 0.4) is 0 Å². The van der Waals surface area contributed by atoms with E-state index in [1.54, 1.807) is 72.8 Å². The summed E-state index contributed by atoms with van der Waals surface area (Å²) in [4.78, 5) is 26.5. The first-order valence-corrected chi connectivity index (χ1v) is 13.9. The van der Waals surface area contributed by atoms with Crippen molar-refractivity contribution in [2.75, 3.05) is 29.5 Å². The number of carbonyl (C=O) groups is 2. The Morgan fingerprint density at radius 2 is 1.57 bits per heavy atom. The van der Waals surface area contributed by atoms with Gasteiger partial charge in [-0.05, 0) is 73.3 Å². The molecular formula is C26H29N3O4S2. The van der Waals surface area contributed by atoms with Crippen LogP contribution in [-0.2, 0) is 10.0 Å². The number of para-hydroxylation sites is 1. The molecule has 0 aliphatic heterocycles. The molecule has 0 bridgehead atoms. The minimum Gasteiger partial charge on any atom is -0.352 e. The van der Waals surface area contributed by atoms with Gasteiger partial charge in [0.2, 0.25) is 0 Å². The second kappa shape index (κ2) is 11.9. The van der Waals surface area contributed by atoms with Crippen molar-refractivity contribution in [3.8, 4) is 0 Å². The van der Waals surface area contributed by atoms with Crippen molar-refractivity contribution >= 4 is 45.0 Å². The van der Waals surface area contributed by atoms with E-state index in [0.717, 1.165) is 17.7 Å². The van der Waals surface area contributed by atoms with Crippen LogP contribution in [0.1, 0.15) is 40.5 Å². The van der Waals surface area contributed by atoms with E-state index in [-0.39, 0.29) is 10.8 Å². The highest BCUT2D eigenvalue weighted by Crippen LogP contribution is 2.25. The molecule has 7 nitrogen and oxygen atoms in total. The quantitative estimate of drug-likeness (QED) is 0.295. The maximum absolute atomic E-state index is 13.0. The van der Waals surface area contributed by atoms with Gasteiger partial charge in [0.1, 0.15) is 0 Å². The van der Waals surface area contributed by atoms with Gasteiger partial charge < -0.3 is 10.6 Å². The summed E-state index contributed by atoms with van der Waals surface area (Å²) >= 11 is 1.54. The fraction of sp³-hybridized carbons (Fsp3) is 0.231. The second-order valence-electron chi connectivity index (χ2n) is 7.80. The Hall–Kier alpha value is -3.30. The Labute approximate surface area is 211 Å². The number of hydrogen-bond acceptors (Lipinski definition) is 5. The maximum atomic E-state index is 13.0. The lowest BCUT2D eigenvalue weighted by molar-refractivity contribution is 0.0954. The number of nitrogens with zero attached hydrogens (tertiary/aromatic N) is 1. The highest BCUT2D eigenvalue weighted by molar-refractivity contribution is 7.98. The first-order chi connectivity index (χ1) is 16.8. The molecule has 2 N–H and O–H groups in total. The van der Waals surface area contributed by atoms with E-state index < -0.39 is 15.9 Å². The predicted octanol–water partition coefficient (Wildman–Crippen LogP) is 5.02. The van der Waals surface area contributed by atoms with E-state index in [9.17, 15) is 18.0 Å². The molecule has 2 amide bonds. The van der Waals surface area contributed by atoms with E-state index in [1.165, 1.54) is 23.1 Å². The van der Waals surface area contributed by atoms with Crippen LogP contribution in [0, 0.1) is 0 Å². The summed E-state index contributed by atoms with van der Waals surface area (Å²) in [6.07, 6.45) is 3.77. The third kappa shape index (κ3) is 6.43. The van der Waals surface area contributed by atoms with Crippen molar-refractivity contribution < 1.29 is 18.0 Å². The molecule has 0 saturated carbocycles. The Bertz CT molecular complexity index is 1270. The van der Waals surface area contributed by atoms with Gasteiger partial charge in [0, 0.05) is 24.1 Å². The minimum atomic E-state index is -3.74. The van der Waals surface area contributed by atoms with Gasteiger partial charge in [-0.2, -0.15) is 0 Å². The third-order valence-electron chi connectivity index (χ3n) is 5.45. The van der Waals surface area contributed by atoms with Gasteiger partial charge >= 0.3 is 0 Å². The minimum absolute atomic E-state index is 0.188. The van der Waals surface area contributed by atoms with Crippen LogP contribution >= 0.6 is 11.8 Å². The molecule has 0 heterocycles. The summed E-state index contributed by atoms with van der Waals surface area (Å²) in [7, 11) is -2.27. The standard InChI is InChI=1S/C26H29N3O4S2/c1-4-5-18-27-26(31)23-8-6-7-9-24(23)28-25(30)19-10-12-20(13-11-19)29(2)35(32,33)22-16-14-21(34-3)15-17-22/h6-17H,4-5,18H2,1-3H3,(H,27,31)(H,28,30). The van der Waals surface area contributed by atoms with Crippen molar-refractivity contribution in [1.82, 2.24) is 5.32 Å². The van der Waals surface area contributed by atoms with E-state index in [4.69, 9.17) is 0 Å². The SMILES string of the molecule is CCCCNC(=O)c1ccccc1NC(=O)c1ccc(N(C)S(=O)(=O)c2ccc(SC)cc2)cc1. The molecule has 0 spiro atoms. The van der Waals surface area contributed by atoms with Crippen molar-refractivity contribution in [3.05, 3.63) is 83.9 Å². The van der Waals surface area contributed by atoms with Crippen molar-refractivity contribution in [2.24, 2.45) is 0 Å². The molecule has 3 aromatic carbocycles. The van der Waals surface area contributed by atoms with Crippen molar-refractivity contribution in [3.63, 3.8) is 0 Å². The smallest absolute Gasteiger partial charge is 0.264 e. The maximum Gasteiger partial charge on any atom is 0.264 e. The van der Waals surface area contributed by atoms with Crippen LogP contribution in [0.5, 0.6) is 0 Å². The summed E-state index contributed by atoms with van der Waals surface area (Å²) in [6, 6.07) is 19.8. The lowest BCUT2D eigenvalue weighted by atomic mass is 10.1. The molecule has 3 rings (SSSR count). The molecule has 0 radical (unpaired) electrons. The Kier molecular flexibility index (Phi) is 8.95. The molecule has 0 saturated heterocycles. The Balaban J connectivity index is 1.73. The average Bonchev–Trinajstić information content (AvgIpc) is 2.88. The van der Waals surface area contributed by atoms with Crippen LogP contribution in [0.2, 0.25) is 0 Å². The second-order valence-corrected chi connectivity index (χ2v) is 10.7. The van der Waals surface area contributed by atoms with Gasteiger partial charge in [-0.3, -0.25) is 13.9 Å². The molecular weight excluding hydrogens is 482 g/mol. The number of hydrogen-bond donors (Lipinski definition) is 2. The number of unbranched alkanes of at least 4 members (excludes halogenated alkanes) is 1. The van der Waals surface area contributed by atoms with Crippen LogP contribution in [0.25, 0.3) is 0 Å². The van der Waals surface area contributed by atoms with Crippen LogP contribution in [-0.4, -0.2) is 40.1 Å². The fourth-order valence-electron chi connectivity index (χ4n) is 3.33. The molecule has 0 aliphatic rings. The molecule has 35 heavy (non-hydrogen) atoms. The summed E-state index contributed by atoms with van der Waals surface area (Å²) < 4.78 is 27.2. The molecule has 184 valence electrons. The normalized spacial score (nSPS) is 11.1.